The summed E-state index contributed by atoms with van der Waals surface area (Å²) in [6, 6.07) is 7.75. The first-order chi connectivity index (χ1) is 16.1. The zero-order chi connectivity index (χ0) is 24.5. The molecule has 0 heterocycles. The second-order valence-corrected chi connectivity index (χ2v) is 10.8. The highest BCUT2D eigenvalue weighted by Gasteiger charge is 2.71. The molecule has 34 heavy (non-hydrogen) atoms. The third-order valence-electron chi connectivity index (χ3n) is 9.37. The van der Waals surface area contributed by atoms with E-state index in [4.69, 9.17) is 6.42 Å². The normalized spacial score (nSPS) is 35.0. The number of fused-ring (bicyclic) bond motifs is 4. The summed E-state index contributed by atoms with van der Waals surface area (Å²) in [6.07, 6.45) is 10.4. The van der Waals surface area contributed by atoms with Crippen LogP contribution in [0.1, 0.15) is 74.5 Å². The lowest BCUT2D eigenvalue weighted by Gasteiger charge is -2.55. The molecular formula is C29H29F2NO2. The Bertz CT molecular complexity index is 1230. The molecule has 0 aliphatic heterocycles. The van der Waals surface area contributed by atoms with Crippen LogP contribution in [0.25, 0.3) is 0 Å². The quantitative estimate of drug-likeness (QED) is 0.569. The number of nitriles is 1. The SMILES string of the molecule is C#CC(F)(F)[C@]1(O)CCC2C3CCC4=CC(=O)CCC4=C3[C@@H](c3cc(C#N)ccc3C)C[C@@]21C. The van der Waals surface area contributed by atoms with Crippen molar-refractivity contribution in [1.82, 2.24) is 0 Å². The Balaban J connectivity index is 1.75. The van der Waals surface area contributed by atoms with E-state index in [1.54, 1.807) is 25.0 Å². The molecule has 3 nitrogen and oxygen atoms in total. The number of aryl methyl sites for hydroxylation is 1. The minimum atomic E-state index is -3.63. The Morgan fingerprint density at radius 2 is 2.00 bits per heavy atom. The summed E-state index contributed by atoms with van der Waals surface area (Å²) in [4.78, 5) is 12.2. The highest BCUT2D eigenvalue weighted by molar-refractivity contribution is 5.93. The molecule has 5 atom stereocenters. The smallest absolute Gasteiger partial charge is 0.336 e. The molecule has 1 aromatic carbocycles. The number of hydrogen-bond acceptors (Lipinski definition) is 3. The number of carbonyl (C=O) groups is 1. The molecule has 0 radical (unpaired) electrons. The fraction of sp³-hybridized carbons (Fsp3) is 0.517. The van der Waals surface area contributed by atoms with E-state index in [0.717, 1.165) is 29.5 Å². The molecular weight excluding hydrogens is 432 g/mol. The number of hydrogen-bond donors (Lipinski definition) is 1. The van der Waals surface area contributed by atoms with Gasteiger partial charge in [0.1, 0.15) is 5.60 Å². The summed E-state index contributed by atoms with van der Waals surface area (Å²) in [6.45, 7) is 3.77. The van der Waals surface area contributed by atoms with Gasteiger partial charge in [-0.3, -0.25) is 4.79 Å². The average molecular weight is 462 g/mol. The Kier molecular flexibility index (Phi) is 5.16. The van der Waals surface area contributed by atoms with Gasteiger partial charge in [-0.2, -0.15) is 14.0 Å². The number of carbonyl (C=O) groups excluding carboxylic acids is 1. The van der Waals surface area contributed by atoms with Gasteiger partial charge in [-0.05, 0) is 104 Å². The molecule has 0 saturated heterocycles. The highest BCUT2D eigenvalue weighted by Crippen LogP contribution is 2.69. The number of terminal acetylenes is 1. The van der Waals surface area contributed by atoms with Crippen LogP contribution >= 0.6 is 0 Å². The zero-order valence-electron chi connectivity index (χ0n) is 19.6. The van der Waals surface area contributed by atoms with Crippen molar-refractivity contribution in [1.29, 1.82) is 5.26 Å². The van der Waals surface area contributed by atoms with Crippen molar-refractivity contribution in [2.75, 3.05) is 0 Å². The van der Waals surface area contributed by atoms with Crippen LogP contribution in [0, 0.1) is 47.8 Å². The molecule has 2 fully saturated rings. The van der Waals surface area contributed by atoms with Crippen molar-refractivity contribution in [3.63, 3.8) is 0 Å². The fourth-order valence-corrected chi connectivity index (χ4v) is 7.66. The number of allylic oxidation sites excluding steroid dienone is 4. The van der Waals surface area contributed by atoms with Gasteiger partial charge >= 0.3 is 5.92 Å². The van der Waals surface area contributed by atoms with E-state index in [0.29, 0.717) is 31.2 Å². The van der Waals surface area contributed by atoms with Crippen molar-refractivity contribution in [2.24, 2.45) is 17.3 Å². The van der Waals surface area contributed by atoms with Crippen molar-refractivity contribution < 1.29 is 18.7 Å². The van der Waals surface area contributed by atoms with Crippen molar-refractivity contribution >= 4 is 5.78 Å². The molecule has 0 amide bonds. The fourth-order valence-electron chi connectivity index (χ4n) is 7.66. The number of nitrogens with zero attached hydrogens (tertiary/aromatic N) is 1. The molecule has 176 valence electrons. The summed E-state index contributed by atoms with van der Waals surface area (Å²) in [5.41, 5.74) is 2.61. The largest absolute Gasteiger partial charge is 0.382 e. The summed E-state index contributed by atoms with van der Waals surface area (Å²) < 4.78 is 30.3. The minimum Gasteiger partial charge on any atom is -0.382 e. The van der Waals surface area contributed by atoms with Crippen molar-refractivity contribution in [3.8, 4) is 18.4 Å². The van der Waals surface area contributed by atoms with Gasteiger partial charge in [0, 0.05) is 17.8 Å². The van der Waals surface area contributed by atoms with Gasteiger partial charge in [0.15, 0.2) is 5.78 Å². The van der Waals surface area contributed by atoms with Crippen molar-refractivity contribution in [3.05, 3.63) is 57.7 Å². The molecule has 5 heteroatoms. The van der Waals surface area contributed by atoms with Crippen LogP contribution in [0.5, 0.6) is 0 Å². The molecule has 1 aromatic rings. The first-order valence-corrected chi connectivity index (χ1v) is 12.1. The van der Waals surface area contributed by atoms with Crippen LogP contribution in [0.15, 0.2) is 41.0 Å². The van der Waals surface area contributed by atoms with Crippen LogP contribution in [0.2, 0.25) is 0 Å². The van der Waals surface area contributed by atoms with E-state index in [2.05, 4.69) is 6.07 Å². The molecule has 2 unspecified atom stereocenters. The number of benzene rings is 1. The third-order valence-corrected chi connectivity index (χ3v) is 9.37. The van der Waals surface area contributed by atoms with Crippen LogP contribution < -0.4 is 0 Å². The summed E-state index contributed by atoms with van der Waals surface area (Å²) in [5, 5.41) is 21.1. The van der Waals surface area contributed by atoms with Gasteiger partial charge in [0.05, 0.1) is 11.6 Å². The number of aliphatic hydroxyl groups is 1. The molecule has 5 rings (SSSR count). The maximum absolute atomic E-state index is 15.1. The molecule has 2 saturated carbocycles. The van der Waals surface area contributed by atoms with Gasteiger partial charge in [0.25, 0.3) is 0 Å². The van der Waals surface area contributed by atoms with Crippen LogP contribution in [0.4, 0.5) is 8.78 Å². The lowest BCUT2D eigenvalue weighted by molar-refractivity contribution is -0.209. The third kappa shape index (κ3) is 2.99. The lowest BCUT2D eigenvalue weighted by Crippen LogP contribution is -2.60. The molecule has 0 spiro atoms. The van der Waals surface area contributed by atoms with E-state index >= 15 is 8.78 Å². The Hall–Kier alpha value is -2.76. The lowest BCUT2D eigenvalue weighted by atomic mass is 9.50. The zero-order valence-corrected chi connectivity index (χ0v) is 19.6. The van der Waals surface area contributed by atoms with Gasteiger partial charge in [-0.25, -0.2) is 0 Å². The van der Waals surface area contributed by atoms with E-state index in [9.17, 15) is 15.2 Å². The van der Waals surface area contributed by atoms with Crippen LogP contribution in [0.3, 0.4) is 0 Å². The Labute approximate surface area is 199 Å². The van der Waals surface area contributed by atoms with E-state index in [-0.39, 0.29) is 30.0 Å². The summed E-state index contributed by atoms with van der Waals surface area (Å²) >= 11 is 0. The van der Waals surface area contributed by atoms with Crippen molar-refractivity contribution in [2.45, 2.75) is 76.2 Å². The van der Waals surface area contributed by atoms with Gasteiger partial charge in [0.2, 0.25) is 0 Å². The second-order valence-electron chi connectivity index (χ2n) is 10.8. The average Bonchev–Trinajstić information content (AvgIpc) is 3.10. The topological polar surface area (TPSA) is 61.1 Å². The predicted molar refractivity (Wildman–Crippen MR) is 125 cm³/mol. The monoisotopic (exact) mass is 461 g/mol. The van der Waals surface area contributed by atoms with E-state index in [1.807, 2.05) is 19.1 Å². The summed E-state index contributed by atoms with van der Waals surface area (Å²) in [5.74, 6) is -2.18. The van der Waals surface area contributed by atoms with Crippen LogP contribution in [-0.4, -0.2) is 22.4 Å². The second kappa shape index (κ2) is 7.62. The summed E-state index contributed by atoms with van der Waals surface area (Å²) in [7, 11) is 0. The maximum Gasteiger partial charge on any atom is 0.336 e. The first-order valence-electron chi connectivity index (χ1n) is 12.1. The number of halogens is 2. The molecule has 1 N–H and O–H groups in total. The first kappa shape index (κ1) is 23.0. The van der Waals surface area contributed by atoms with Gasteiger partial charge < -0.3 is 5.11 Å². The standard InChI is InChI=1S/C29H29F2NO2/c1-4-29(30,31)28(34)12-11-25-22-9-7-19-14-20(33)8-10-21(19)26(22)24(15-27(25,28)3)23-13-18(16-32)6-5-17(23)2/h1,5-6,13-14,22,24-25,34H,7-12,15H2,2-3H3/t22?,24-,25?,27+,28+/m1/s1. The van der Waals surface area contributed by atoms with E-state index in [1.165, 1.54) is 11.1 Å². The van der Waals surface area contributed by atoms with Crippen LogP contribution in [-0.2, 0) is 4.79 Å². The predicted octanol–water partition coefficient (Wildman–Crippen LogP) is 5.77. The van der Waals surface area contributed by atoms with Gasteiger partial charge in [-0.1, -0.05) is 18.6 Å². The molecule has 0 bridgehead atoms. The Morgan fingerprint density at radius 3 is 2.71 bits per heavy atom. The maximum atomic E-state index is 15.1. The molecule has 4 aliphatic rings. The number of ketones is 1. The van der Waals surface area contributed by atoms with Gasteiger partial charge in [-0.15, -0.1) is 6.42 Å². The van der Waals surface area contributed by atoms with E-state index < -0.39 is 16.9 Å². The number of rotatable bonds is 2. The number of alkyl halides is 2. The highest BCUT2D eigenvalue weighted by atomic mass is 19.3. The molecule has 0 aromatic heterocycles. The minimum absolute atomic E-state index is 0.0321. The Morgan fingerprint density at radius 1 is 1.24 bits per heavy atom. The molecule has 4 aliphatic carbocycles.